The minimum atomic E-state index is -0.551. The van der Waals surface area contributed by atoms with Gasteiger partial charge in [-0.15, -0.1) is 0 Å². The van der Waals surface area contributed by atoms with Crippen molar-refractivity contribution in [3.8, 4) is 5.75 Å². The highest BCUT2D eigenvalue weighted by Crippen LogP contribution is 2.34. The first-order valence-corrected chi connectivity index (χ1v) is 7.61. The van der Waals surface area contributed by atoms with Gasteiger partial charge in [-0.3, -0.25) is 0 Å². The Morgan fingerprint density at radius 3 is 2.29 bits per heavy atom. The zero-order valence-corrected chi connectivity index (χ0v) is 14.3. The second kappa shape index (κ2) is 8.25. The van der Waals surface area contributed by atoms with Crippen molar-refractivity contribution in [2.24, 2.45) is 5.92 Å². The molecule has 0 fully saturated rings. The predicted molar refractivity (Wildman–Crippen MR) is 89.2 cm³/mol. The van der Waals surface area contributed by atoms with Crippen molar-refractivity contribution in [1.82, 2.24) is 4.90 Å². The van der Waals surface area contributed by atoms with E-state index in [1.165, 1.54) is 0 Å². The summed E-state index contributed by atoms with van der Waals surface area (Å²) in [6.07, 6.45) is -0.551. The van der Waals surface area contributed by atoms with Crippen LogP contribution in [0, 0.1) is 5.92 Å². The van der Waals surface area contributed by atoms with Crippen molar-refractivity contribution in [3.05, 3.63) is 23.8 Å². The smallest absolute Gasteiger partial charge is 0.126 e. The van der Waals surface area contributed by atoms with E-state index in [0.717, 1.165) is 36.6 Å². The third kappa shape index (κ3) is 5.21. The summed E-state index contributed by atoms with van der Waals surface area (Å²) in [5.41, 5.74) is 1.94. The average Bonchev–Trinajstić information content (AvgIpc) is 2.41. The Morgan fingerprint density at radius 2 is 1.81 bits per heavy atom. The van der Waals surface area contributed by atoms with Crippen molar-refractivity contribution in [3.63, 3.8) is 0 Å². The molecule has 1 N–H and O–H groups in total. The number of hydrogen-bond donors (Lipinski definition) is 1. The minimum absolute atomic E-state index is 0.551. The van der Waals surface area contributed by atoms with E-state index in [1.54, 1.807) is 14.0 Å². The van der Waals surface area contributed by atoms with E-state index in [-0.39, 0.29) is 0 Å². The van der Waals surface area contributed by atoms with Crippen LogP contribution in [0.25, 0.3) is 0 Å². The molecule has 0 bridgehead atoms. The highest BCUT2D eigenvalue weighted by Gasteiger charge is 2.19. The van der Waals surface area contributed by atoms with E-state index < -0.39 is 6.10 Å². The van der Waals surface area contributed by atoms with Gasteiger partial charge < -0.3 is 19.6 Å². The second-order valence-electron chi connectivity index (χ2n) is 6.21. The molecule has 0 saturated carbocycles. The molecule has 21 heavy (non-hydrogen) atoms. The molecule has 1 aromatic carbocycles. The molecule has 0 unspecified atom stereocenters. The Bertz CT molecular complexity index is 431. The fraction of sp³-hybridized carbons (Fsp3) is 0.647. The molecule has 0 aliphatic carbocycles. The Balaban J connectivity index is 3.16. The second-order valence-corrected chi connectivity index (χ2v) is 6.21. The minimum Gasteiger partial charge on any atom is -0.496 e. The van der Waals surface area contributed by atoms with Gasteiger partial charge in [0.15, 0.2) is 0 Å². The fourth-order valence-electron chi connectivity index (χ4n) is 2.48. The Hall–Kier alpha value is -1.26. The van der Waals surface area contributed by atoms with Crippen molar-refractivity contribution in [2.75, 3.05) is 45.7 Å². The first-order valence-electron chi connectivity index (χ1n) is 7.61. The Morgan fingerprint density at radius 1 is 1.14 bits per heavy atom. The van der Waals surface area contributed by atoms with Crippen LogP contribution in [-0.4, -0.2) is 50.8 Å². The monoisotopic (exact) mass is 294 g/mol. The molecule has 0 aliphatic rings. The quantitative estimate of drug-likeness (QED) is 0.800. The topological polar surface area (TPSA) is 35.9 Å². The number of ether oxygens (including phenoxy) is 1. The lowest BCUT2D eigenvalue weighted by Gasteiger charge is -2.31. The van der Waals surface area contributed by atoms with Crippen LogP contribution in [0.1, 0.15) is 32.4 Å². The lowest BCUT2D eigenvalue weighted by atomic mass is 10.0. The third-order valence-electron chi connectivity index (χ3n) is 3.42. The van der Waals surface area contributed by atoms with E-state index in [2.05, 4.69) is 43.8 Å². The van der Waals surface area contributed by atoms with Crippen LogP contribution >= 0.6 is 0 Å². The van der Waals surface area contributed by atoms with Crippen molar-refractivity contribution < 1.29 is 9.84 Å². The number of methoxy groups -OCH3 is 1. The molecule has 0 spiro atoms. The predicted octanol–water partition coefficient (Wildman–Crippen LogP) is 2.77. The van der Waals surface area contributed by atoms with E-state index in [4.69, 9.17) is 4.74 Å². The Kier molecular flexibility index (Phi) is 6.99. The van der Waals surface area contributed by atoms with Gasteiger partial charge in [0, 0.05) is 30.9 Å². The molecule has 0 aromatic heterocycles. The van der Waals surface area contributed by atoms with Crippen molar-refractivity contribution >= 4 is 5.69 Å². The van der Waals surface area contributed by atoms with Gasteiger partial charge in [-0.25, -0.2) is 0 Å². The van der Waals surface area contributed by atoms with Crippen LogP contribution in [0.15, 0.2) is 18.2 Å². The molecule has 0 aliphatic heterocycles. The lowest BCUT2D eigenvalue weighted by Crippen LogP contribution is -2.35. The molecular weight excluding hydrogens is 264 g/mol. The molecule has 0 amide bonds. The molecule has 120 valence electrons. The summed E-state index contributed by atoms with van der Waals surface area (Å²) in [6, 6.07) is 5.97. The van der Waals surface area contributed by atoms with Gasteiger partial charge in [0.2, 0.25) is 0 Å². The maximum atomic E-state index is 10.2. The number of aliphatic hydroxyl groups is 1. The van der Waals surface area contributed by atoms with E-state index in [0.29, 0.717) is 5.92 Å². The number of nitrogens with zero attached hydrogens (tertiary/aromatic N) is 2. The van der Waals surface area contributed by atoms with E-state index in [1.807, 2.05) is 12.1 Å². The van der Waals surface area contributed by atoms with Crippen LogP contribution in [-0.2, 0) is 0 Å². The zero-order chi connectivity index (χ0) is 16.0. The standard InChI is InChI=1S/C17H30N2O2/c1-13(2)12-19(11-10-18(4)5)15-8-7-9-16(21-6)17(15)14(3)20/h7-9,13-14,20H,10-12H2,1-6H3/t14-/m1/s1. The van der Waals surface area contributed by atoms with Crippen molar-refractivity contribution in [2.45, 2.75) is 26.9 Å². The molecule has 0 heterocycles. The summed E-state index contributed by atoms with van der Waals surface area (Å²) in [5, 5.41) is 10.2. The Labute approximate surface area is 129 Å². The van der Waals surface area contributed by atoms with Gasteiger partial charge in [-0.2, -0.15) is 0 Å². The average molecular weight is 294 g/mol. The summed E-state index contributed by atoms with van der Waals surface area (Å²) in [7, 11) is 5.81. The number of likely N-dealkylation sites (N-methyl/N-ethyl adjacent to an activating group) is 1. The number of aliphatic hydroxyl groups excluding tert-OH is 1. The number of hydrogen-bond acceptors (Lipinski definition) is 4. The van der Waals surface area contributed by atoms with Gasteiger partial charge in [0.25, 0.3) is 0 Å². The third-order valence-corrected chi connectivity index (χ3v) is 3.42. The van der Waals surface area contributed by atoms with Crippen LogP contribution in [0.2, 0.25) is 0 Å². The van der Waals surface area contributed by atoms with Gasteiger partial charge in [0.1, 0.15) is 5.75 Å². The number of rotatable bonds is 8. The highest BCUT2D eigenvalue weighted by atomic mass is 16.5. The maximum absolute atomic E-state index is 10.2. The summed E-state index contributed by atoms with van der Waals surface area (Å²) in [4.78, 5) is 4.52. The maximum Gasteiger partial charge on any atom is 0.126 e. The van der Waals surface area contributed by atoms with E-state index in [9.17, 15) is 5.11 Å². The fourth-order valence-corrected chi connectivity index (χ4v) is 2.48. The van der Waals surface area contributed by atoms with Gasteiger partial charge >= 0.3 is 0 Å². The molecule has 1 rings (SSSR count). The molecular formula is C17H30N2O2. The largest absolute Gasteiger partial charge is 0.496 e. The molecule has 0 radical (unpaired) electrons. The molecule has 1 atom stereocenters. The van der Waals surface area contributed by atoms with Crippen LogP contribution in [0.3, 0.4) is 0 Å². The first kappa shape index (κ1) is 17.8. The van der Waals surface area contributed by atoms with Crippen LogP contribution < -0.4 is 9.64 Å². The summed E-state index contributed by atoms with van der Waals surface area (Å²) in [6.45, 7) is 9.08. The zero-order valence-electron chi connectivity index (χ0n) is 14.3. The summed E-state index contributed by atoms with van der Waals surface area (Å²) < 4.78 is 5.43. The number of anilines is 1. The van der Waals surface area contributed by atoms with Gasteiger partial charge in [-0.1, -0.05) is 19.9 Å². The van der Waals surface area contributed by atoms with Crippen molar-refractivity contribution in [1.29, 1.82) is 0 Å². The molecule has 0 saturated heterocycles. The number of benzene rings is 1. The van der Waals surface area contributed by atoms with Gasteiger partial charge in [0.05, 0.1) is 13.2 Å². The molecule has 1 aromatic rings. The van der Waals surface area contributed by atoms with E-state index >= 15 is 0 Å². The highest BCUT2D eigenvalue weighted by molar-refractivity contribution is 5.60. The first-order chi connectivity index (χ1) is 9.86. The summed E-state index contributed by atoms with van der Waals surface area (Å²) in [5.74, 6) is 1.31. The normalized spacial score (nSPS) is 12.8. The molecule has 4 nitrogen and oxygen atoms in total. The van der Waals surface area contributed by atoms with Crippen LogP contribution in [0.4, 0.5) is 5.69 Å². The lowest BCUT2D eigenvalue weighted by molar-refractivity contribution is 0.194. The van der Waals surface area contributed by atoms with Crippen LogP contribution in [0.5, 0.6) is 5.75 Å². The van der Waals surface area contributed by atoms with Gasteiger partial charge in [-0.05, 0) is 39.1 Å². The SMILES string of the molecule is COc1cccc(N(CCN(C)C)CC(C)C)c1[C@@H](C)O. The molecule has 4 heteroatoms. The summed E-state index contributed by atoms with van der Waals surface area (Å²) >= 11 is 0.